The fourth-order valence-electron chi connectivity index (χ4n) is 2.02. The molecule has 0 aliphatic carbocycles. The van der Waals surface area contributed by atoms with E-state index in [0.29, 0.717) is 16.7 Å². The van der Waals surface area contributed by atoms with Crippen LogP contribution in [0.15, 0.2) is 59.8 Å². The monoisotopic (exact) mass is 343 g/mol. The van der Waals surface area contributed by atoms with Crippen LogP contribution in [0.3, 0.4) is 0 Å². The highest BCUT2D eigenvalue weighted by atomic mass is 32.2. The van der Waals surface area contributed by atoms with Crippen molar-refractivity contribution in [2.45, 2.75) is 5.16 Å². The first-order valence-corrected chi connectivity index (χ1v) is 8.06. The highest BCUT2D eigenvalue weighted by molar-refractivity contribution is 7.99. The summed E-state index contributed by atoms with van der Waals surface area (Å²) in [6.45, 7) is 0. The van der Waals surface area contributed by atoms with Gasteiger partial charge in [0.15, 0.2) is 5.82 Å². The number of hydrogen-bond acceptors (Lipinski definition) is 5. The second-order valence-electron chi connectivity index (χ2n) is 4.89. The molecule has 0 atom stereocenters. The summed E-state index contributed by atoms with van der Waals surface area (Å²) in [6.07, 6.45) is 0. The average Bonchev–Trinajstić information content (AvgIpc) is 2.97. The summed E-state index contributed by atoms with van der Waals surface area (Å²) in [5, 5.41) is 11.2. The van der Waals surface area contributed by atoms with Crippen LogP contribution in [0.2, 0.25) is 0 Å². The second kappa shape index (κ2) is 7.14. The van der Waals surface area contributed by atoms with Crippen LogP contribution in [0.4, 0.5) is 10.1 Å². The maximum Gasteiger partial charge on any atom is 0.234 e. The predicted octanol–water partition coefficient (Wildman–Crippen LogP) is 2.53. The molecule has 122 valence electrons. The molecule has 1 amide bonds. The lowest BCUT2D eigenvalue weighted by atomic mass is 10.2. The number of carbonyl (C=O) groups excluding carboxylic acids is 1. The lowest BCUT2D eigenvalue weighted by molar-refractivity contribution is -0.113. The van der Waals surface area contributed by atoms with Crippen molar-refractivity contribution < 1.29 is 9.18 Å². The topological polar surface area (TPSA) is 85.8 Å². The van der Waals surface area contributed by atoms with Crippen molar-refractivity contribution in [2.24, 2.45) is 0 Å². The third-order valence-corrected chi connectivity index (χ3v) is 4.10. The van der Waals surface area contributed by atoms with Gasteiger partial charge in [0.25, 0.3) is 0 Å². The summed E-state index contributed by atoms with van der Waals surface area (Å²) < 4.78 is 14.2. The normalized spacial score (nSPS) is 10.5. The quantitative estimate of drug-likeness (QED) is 0.549. The number of aromatic nitrogens is 3. The zero-order valence-corrected chi connectivity index (χ0v) is 13.3. The number of benzene rings is 2. The van der Waals surface area contributed by atoms with Gasteiger partial charge in [-0.25, -0.2) is 9.07 Å². The Labute approximate surface area is 141 Å². The van der Waals surface area contributed by atoms with Crippen LogP contribution in [-0.2, 0) is 4.79 Å². The Morgan fingerprint density at radius 1 is 1.12 bits per heavy atom. The molecule has 8 heteroatoms. The molecular weight excluding hydrogens is 329 g/mol. The van der Waals surface area contributed by atoms with Crippen molar-refractivity contribution in [1.82, 2.24) is 14.9 Å². The first-order valence-electron chi connectivity index (χ1n) is 7.07. The van der Waals surface area contributed by atoms with E-state index in [2.05, 4.69) is 15.5 Å². The van der Waals surface area contributed by atoms with Gasteiger partial charge in [-0.05, 0) is 24.3 Å². The smallest absolute Gasteiger partial charge is 0.234 e. The van der Waals surface area contributed by atoms with E-state index in [0.717, 1.165) is 5.56 Å². The van der Waals surface area contributed by atoms with Gasteiger partial charge in [-0.2, -0.15) is 0 Å². The van der Waals surface area contributed by atoms with Crippen LogP contribution < -0.4 is 11.2 Å². The van der Waals surface area contributed by atoms with Gasteiger partial charge >= 0.3 is 0 Å². The van der Waals surface area contributed by atoms with E-state index in [1.165, 1.54) is 40.7 Å². The van der Waals surface area contributed by atoms with E-state index in [1.807, 2.05) is 30.3 Å². The van der Waals surface area contributed by atoms with Gasteiger partial charge in [0.05, 0.1) is 5.75 Å². The van der Waals surface area contributed by atoms with Gasteiger partial charge < -0.3 is 11.2 Å². The predicted molar refractivity (Wildman–Crippen MR) is 91.4 cm³/mol. The third kappa shape index (κ3) is 3.72. The first-order chi connectivity index (χ1) is 11.6. The molecule has 0 bridgehead atoms. The summed E-state index contributed by atoms with van der Waals surface area (Å²) in [4.78, 5) is 11.9. The van der Waals surface area contributed by atoms with Crippen molar-refractivity contribution in [2.75, 3.05) is 16.9 Å². The van der Waals surface area contributed by atoms with Crippen LogP contribution in [0.5, 0.6) is 0 Å². The molecule has 3 N–H and O–H groups in total. The SMILES string of the molecule is Nn1c(SCC(=O)Nc2ccc(F)cc2)nnc1-c1ccccc1. The molecule has 6 nitrogen and oxygen atoms in total. The molecule has 0 aliphatic rings. The van der Waals surface area contributed by atoms with Gasteiger partial charge in [0.2, 0.25) is 11.1 Å². The number of carbonyl (C=O) groups is 1. The number of amides is 1. The van der Waals surface area contributed by atoms with Crippen molar-refractivity contribution in [3.05, 3.63) is 60.4 Å². The van der Waals surface area contributed by atoms with Crippen LogP contribution in [0.25, 0.3) is 11.4 Å². The van der Waals surface area contributed by atoms with E-state index in [1.54, 1.807) is 0 Å². The summed E-state index contributed by atoms with van der Waals surface area (Å²) in [6, 6.07) is 15.0. The molecule has 3 rings (SSSR count). The highest BCUT2D eigenvalue weighted by Crippen LogP contribution is 2.21. The average molecular weight is 343 g/mol. The molecule has 0 saturated carbocycles. The van der Waals surface area contributed by atoms with Crippen molar-refractivity contribution in [3.63, 3.8) is 0 Å². The van der Waals surface area contributed by atoms with Crippen molar-refractivity contribution >= 4 is 23.4 Å². The molecule has 1 heterocycles. The molecule has 2 aromatic carbocycles. The van der Waals surface area contributed by atoms with E-state index >= 15 is 0 Å². The molecular formula is C16H14FN5OS. The molecule has 3 aromatic rings. The fourth-order valence-corrected chi connectivity index (χ4v) is 2.68. The molecule has 1 aromatic heterocycles. The van der Waals surface area contributed by atoms with Crippen molar-refractivity contribution in [3.8, 4) is 11.4 Å². The van der Waals surface area contributed by atoms with Crippen molar-refractivity contribution in [1.29, 1.82) is 0 Å². The molecule has 0 spiro atoms. The fraction of sp³-hybridized carbons (Fsp3) is 0.0625. The van der Waals surface area contributed by atoms with Gasteiger partial charge in [0.1, 0.15) is 5.82 Å². The summed E-state index contributed by atoms with van der Waals surface area (Å²) >= 11 is 1.17. The number of nitrogen functional groups attached to an aromatic ring is 1. The Morgan fingerprint density at radius 2 is 1.83 bits per heavy atom. The minimum absolute atomic E-state index is 0.113. The number of nitrogens with two attached hydrogens (primary N) is 1. The number of anilines is 1. The van der Waals surface area contributed by atoms with Crippen LogP contribution in [0.1, 0.15) is 0 Å². The van der Waals surface area contributed by atoms with E-state index in [-0.39, 0.29) is 17.5 Å². The summed E-state index contributed by atoms with van der Waals surface area (Å²) in [7, 11) is 0. The summed E-state index contributed by atoms with van der Waals surface area (Å²) in [5.41, 5.74) is 1.37. The lowest BCUT2D eigenvalue weighted by Gasteiger charge is -2.05. The Balaban J connectivity index is 1.62. The van der Waals surface area contributed by atoms with E-state index in [4.69, 9.17) is 5.84 Å². The molecule has 0 aliphatic heterocycles. The van der Waals surface area contributed by atoms with E-state index < -0.39 is 0 Å². The van der Waals surface area contributed by atoms with Crippen LogP contribution >= 0.6 is 11.8 Å². The zero-order chi connectivity index (χ0) is 16.9. The van der Waals surface area contributed by atoms with Gasteiger partial charge in [-0.3, -0.25) is 4.79 Å². The first kappa shape index (κ1) is 16.0. The number of halogens is 1. The minimum atomic E-state index is -0.355. The Morgan fingerprint density at radius 3 is 2.54 bits per heavy atom. The third-order valence-electron chi connectivity index (χ3n) is 3.16. The Hall–Kier alpha value is -2.87. The number of rotatable bonds is 5. The highest BCUT2D eigenvalue weighted by Gasteiger charge is 2.13. The Bertz CT molecular complexity index is 835. The number of thioether (sulfide) groups is 1. The number of nitrogens with zero attached hydrogens (tertiary/aromatic N) is 3. The summed E-state index contributed by atoms with van der Waals surface area (Å²) in [5.74, 6) is 6.03. The largest absolute Gasteiger partial charge is 0.335 e. The molecule has 0 saturated heterocycles. The number of hydrogen-bond donors (Lipinski definition) is 2. The maximum atomic E-state index is 12.8. The standard InChI is InChI=1S/C16H14FN5OS/c17-12-6-8-13(9-7-12)19-14(23)10-24-16-21-20-15(22(16)18)11-4-2-1-3-5-11/h1-9H,10,18H2,(H,19,23). The maximum absolute atomic E-state index is 12.8. The van der Waals surface area contributed by atoms with Gasteiger partial charge in [-0.1, -0.05) is 42.1 Å². The zero-order valence-electron chi connectivity index (χ0n) is 12.5. The molecule has 0 fully saturated rings. The van der Waals surface area contributed by atoms with Crippen LogP contribution in [-0.4, -0.2) is 26.5 Å². The number of nitrogens with one attached hydrogen (secondary N) is 1. The van der Waals surface area contributed by atoms with Gasteiger partial charge in [0, 0.05) is 11.3 Å². The minimum Gasteiger partial charge on any atom is -0.335 e. The van der Waals surface area contributed by atoms with Crippen LogP contribution in [0, 0.1) is 5.82 Å². The second-order valence-corrected chi connectivity index (χ2v) is 5.83. The molecule has 24 heavy (non-hydrogen) atoms. The van der Waals surface area contributed by atoms with E-state index in [9.17, 15) is 9.18 Å². The Kier molecular flexibility index (Phi) is 4.76. The lowest BCUT2D eigenvalue weighted by Crippen LogP contribution is -2.16. The molecule has 0 radical (unpaired) electrons. The van der Waals surface area contributed by atoms with Gasteiger partial charge in [-0.15, -0.1) is 10.2 Å². The molecule has 0 unspecified atom stereocenters.